The lowest BCUT2D eigenvalue weighted by Crippen LogP contribution is -2.35. The number of hydrogen-bond acceptors (Lipinski definition) is 4. The Morgan fingerprint density at radius 3 is 3.26 bits per heavy atom. The molecule has 0 radical (unpaired) electrons. The van der Waals surface area contributed by atoms with Gasteiger partial charge in [-0.15, -0.1) is 23.1 Å². The normalized spacial score (nSPS) is 24.1. The van der Waals surface area contributed by atoms with Gasteiger partial charge in [-0.3, -0.25) is 0 Å². The zero-order chi connectivity index (χ0) is 13.2. The number of thioether (sulfide) groups is 1. The van der Waals surface area contributed by atoms with E-state index in [0.717, 1.165) is 6.54 Å². The molecule has 102 valence electrons. The molecule has 0 fully saturated rings. The van der Waals surface area contributed by atoms with Crippen LogP contribution in [0.1, 0.15) is 31.9 Å². The number of nitrogens with zero attached hydrogens (tertiary/aromatic N) is 2. The fourth-order valence-electron chi connectivity index (χ4n) is 2.61. The van der Waals surface area contributed by atoms with Crippen molar-refractivity contribution in [3.63, 3.8) is 0 Å². The van der Waals surface area contributed by atoms with Gasteiger partial charge in [0.15, 0.2) is 0 Å². The molecular formula is C14H19N3S2. The predicted molar refractivity (Wildman–Crippen MR) is 81.8 cm³/mol. The number of aromatic nitrogens is 2. The van der Waals surface area contributed by atoms with Crippen molar-refractivity contribution in [3.05, 3.63) is 35.7 Å². The SMILES string of the molecule is CC(Cn1ccnc1)NC1C[C@H](C)Sc2sccc21. The Bertz CT molecular complexity index is 521. The van der Waals surface area contributed by atoms with Gasteiger partial charge in [-0.1, -0.05) is 6.92 Å². The van der Waals surface area contributed by atoms with E-state index in [2.05, 4.69) is 40.2 Å². The van der Waals surface area contributed by atoms with Gasteiger partial charge >= 0.3 is 0 Å². The van der Waals surface area contributed by atoms with E-state index in [1.807, 2.05) is 41.8 Å². The zero-order valence-corrected chi connectivity index (χ0v) is 12.9. The Kier molecular flexibility index (Phi) is 3.96. The van der Waals surface area contributed by atoms with E-state index in [4.69, 9.17) is 0 Å². The smallest absolute Gasteiger partial charge is 0.0946 e. The van der Waals surface area contributed by atoms with E-state index >= 15 is 0 Å². The first kappa shape index (κ1) is 13.2. The fraction of sp³-hybridized carbons (Fsp3) is 0.500. The second-order valence-electron chi connectivity index (χ2n) is 5.21. The van der Waals surface area contributed by atoms with Gasteiger partial charge in [0, 0.05) is 36.3 Å². The summed E-state index contributed by atoms with van der Waals surface area (Å²) in [7, 11) is 0. The molecule has 5 heteroatoms. The second-order valence-corrected chi connectivity index (χ2v) is 7.83. The average molecular weight is 293 g/mol. The highest BCUT2D eigenvalue weighted by Crippen LogP contribution is 2.43. The van der Waals surface area contributed by atoms with Gasteiger partial charge in [-0.05, 0) is 30.4 Å². The van der Waals surface area contributed by atoms with E-state index < -0.39 is 0 Å². The minimum absolute atomic E-state index is 0.447. The molecule has 1 aliphatic rings. The van der Waals surface area contributed by atoms with Gasteiger partial charge in [-0.25, -0.2) is 4.98 Å². The first-order chi connectivity index (χ1) is 9.22. The summed E-state index contributed by atoms with van der Waals surface area (Å²) in [6.45, 7) is 5.54. The quantitative estimate of drug-likeness (QED) is 0.935. The Morgan fingerprint density at radius 1 is 1.58 bits per heavy atom. The molecule has 0 amide bonds. The Labute approximate surface area is 122 Å². The third kappa shape index (κ3) is 3.04. The van der Waals surface area contributed by atoms with Crippen molar-refractivity contribution in [2.75, 3.05) is 0 Å². The van der Waals surface area contributed by atoms with Crippen LogP contribution in [0.15, 0.2) is 34.4 Å². The molecule has 3 atom stereocenters. The van der Waals surface area contributed by atoms with Crippen LogP contribution >= 0.6 is 23.1 Å². The maximum absolute atomic E-state index is 4.10. The molecule has 2 unspecified atom stereocenters. The van der Waals surface area contributed by atoms with Crippen molar-refractivity contribution in [2.45, 2.75) is 48.4 Å². The Balaban J connectivity index is 1.67. The maximum atomic E-state index is 4.10. The van der Waals surface area contributed by atoms with Crippen molar-refractivity contribution in [1.82, 2.24) is 14.9 Å². The van der Waals surface area contributed by atoms with Gasteiger partial charge < -0.3 is 9.88 Å². The molecule has 1 N–H and O–H groups in total. The van der Waals surface area contributed by atoms with Crippen LogP contribution in [0.2, 0.25) is 0 Å². The molecule has 19 heavy (non-hydrogen) atoms. The molecule has 2 aromatic rings. The molecule has 3 rings (SSSR count). The predicted octanol–water partition coefficient (Wildman–Crippen LogP) is 3.55. The van der Waals surface area contributed by atoms with Crippen molar-refractivity contribution < 1.29 is 0 Å². The molecule has 2 aromatic heterocycles. The molecule has 1 aliphatic heterocycles. The van der Waals surface area contributed by atoms with E-state index in [-0.39, 0.29) is 0 Å². The first-order valence-electron chi connectivity index (χ1n) is 6.68. The summed E-state index contributed by atoms with van der Waals surface area (Å²) < 4.78 is 3.62. The van der Waals surface area contributed by atoms with E-state index in [1.165, 1.54) is 16.2 Å². The van der Waals surface area contributed by atoms with Gasteiger partial charge in [0.1, 0.15) is 0 Å². The minimum atomic E-state index is 0.447. The van der Waals surface area contributed by atoms with Crippen LogP contribution in [0.3, 0.4) is 0 Å². The Hall–Kier alpha value is -0.780. The second kappa shape index (κ2) is 5.69. The van der Waals surface area contributed by atoms with Crippen LogP contribution in [0.25, 0.3) is 0 Å². The third-order valence-electron chi connectivity index (χ3n) is 3.44. The molecule has 3 nitrogen and oxygen atoms in total. The van der Waals surface area contributed by atoms with E-state index in [9.17, 15) is 0 Å². The molecule has 0 spiro atoms. The molecule has 0 saturated heterocycles. The van der Waals surface area contributed by atoms with Crippen LogP contribution in [0, 0.1) is 0 Å². The largest absolute Gasteiger partial charge is 0.336 e. The summed E-state index contributed by atoms with van der Waals surface area (Å²) in [5.74, 6) is 0. The third-order valence-corrected chi connectivity index (χ3v) is 5.78. The van der Waals surface area contributed by atoms with Gasteiger partial charge in [-0.2, -0.15) is 0 Å². The van der Waals surface area contributed by atoms with Gasteiger partial charge in [0.25, 0.3) is 0 Å². The highest BCUT2D eigenvalue weighted by molar-refractivity contribution is 8.01. The zero-order valence-electron chi connectivity index (χ0n) is 11.2. The number of fused-ring (bicyclic) bond motifs is 1. The highest BCUT2D eigenvalue weighted by atomic mass is 32.2. The summed E-state index contributed by atoms with van der Waals surface area (Å²) in [4.78, 5) is 4.10. The molecule has 0 saturated carbocycles. The van der Waals surface area contributed by atoms with Crippen LogP contribution in [0.5, 0.6) is 0 Å². The van der Waals surface area contributed by atoms with Gasteiger partial charge in [0.05, 0.1) is 10.5 Å². The minimum Gasteiger partial charge on any atom is -0.336 e. The van der Waals surface area contributed by atoms with Gasteiger partial charge in [0.2, 0.25) is 0 Å². The average Bonchev–Trinajstić information content (AvgIpc) is 2.99. The van der Waals surface area contributed by atoms with Crippen LogP contribution in [-0.4, -0.2) is 20.8 Å². The number of nitrogens with one attached hydrogen (secondary N) is 1. The highest BCUT2D eigenvalue weighted by Gasteiger charge is 2.26. The molecule has 3 heterocycles. The molecule has 0 aromatic carbocycles. The van der Waals surface area contributed by atoms with Crippen molar-refractivity contribution in [3.8, 4) is 0 Å². The Morgan fingerprint density at radius 2 is 2.47 bits per heavy atom. The van der Waals surface area contributed by atoms with Crippen LogP contribution in [0.4, 0.5) is 0 Å². The summed E-state index contributed by atoms with van der Waals surface area (Å²) in [5, 5.41) is 6.69. The number of hydrogen-bond donors (Lipinski definition) is 1. The molecular weight excluding hydrogens is 274 g/mol. The van der Waals surface area contributed by atoms with Crippen LogP contribution < -0.4 is 5.32 Å². The lowest BCUT2D eigenvalue weighted by atomic mass is 10.0. The molecule has 0 bridgehead atoms. The van der Waals surface area contributed by atoms with Crippen molar-refractivity contribution in [1.29, 1.82) is 0 Å². The fourth-order valence-corrected chi connectivity index (χ4v) is 5.18. The number of thiophene rings is 1. The summed E-state index contributed by atoms with van der Waals surface area (Å²) in [6, 6.07) is 3.22. The first-order valence-corrected chi connectivity index (χ1v) is 8.44. The van der Waals surface area contributed by atoms with E-state index in [0.29, 0.717) is 17.3 Å². The number of imidazole rings is 1. The summed E-state index contributed by atoms with van der Waals surface area (Å²) >= 11 is 3.89. The lowest BCUT2D eigenvalue weighted by molar-refractivity contribution is 0.393. The molecule has 0 aliphatic carbocycles. The van der Waals surface area contributed by atoms with Crippen LogP contribution in [-0.2, 0) is 6.54 Å². The maximum Gasteiger partial charge on any atom is 0.0946 e. The van der Waals surface area contributed by atoms with Crippen molar-refractivity contribution >= 4 is 23.1 Å². The summed E-state index contributed by atoms with van der Waals surface area (Å²) in [5.41, 5.74) is 1.49. The standard InChI is InChI=1S/C14H19N3S2/c1-10(8-17-5-4-15-9-17)16-13-7-11(2)19-14-12(13)3-6-18-14/h3-6,9-11,13,16H,7-8H2,1-2H3/t10?,11-,13?/m0/s1. The van der Waals surface area contributed by atoms with Crippen molar-refractivity contribution in [2.24, 2.45) is 0 Å². The number of rotatable bonds is 4. The monoisotopic (exact) mass is 293 g/mol. The van der Waals surface area contributed by atoms with E-state index in [1.54, 1.807) is 0 Å². The summed E-state index contributed by atoms with van der Waals surface area (Å²) in [6.07, 6.45) is 6.95. The lowest BCUT2D eigenvalue weighted by Gasteiger charge is -2.30. The topological polar surface area (TPSA) is 29.9 Å².